The fourth-order valence-electron chi connectivity index (χ4n) is 1.91. The summed E-state index contributed by atoms with van der Waals surface area (Å²) in [4.78, 5) is 4.40. The lowest BCUT2D eigenvalue weighted by molar-refractivity contribution is 0.359. The molecule has 0 aliphatic carbocycles. The minimum atomic E-state index is 0.342. The molecule has 0 aliphatic heterocycles. The molecule has 5 heteroatoms. The average Bonchev–Trinajstić information content (AvgIpc) is 2.80. The van der Waals surface area contributed by atoms with E-state index in [1.54, 1.807) is 0 Å². The van der Waals surface area contributed by atoms with Gasteiger partial charge in [0.05, 0.1) is 0 Å². The molecule has 0 saturated carbocycles. The molecule has 4 nitrogen and oxygen atoms in total. The van der Waals surface area contributed by atoms with Gasteiger partial charge in [0.25, 0.3) is 0 Å². The van der Waals surface area contributed by atoms with Gasteiger partial charge in [-0.25, -0.2) is 0 Å². The van der Waals surface area contributed by atoms with Crippen molar-refractivity contribution in [2.75, 3.05) is 6.54 Å². The fraction of sp³-hybridized carbons (Fsp3) is 0.429. The van der Waals surface area contributed by atoms with E-state index in [0.717, 1.165) is 23.6 Å². The Kier molecular flexibility index (Phi) is 4.93. The quantitative estimate of drug-likeness (QED) is 0.883. The van der Waals surface area contributed by atoms with E-state index in [9.17, 15) is 0 Å². The van der Waals surface area contributed by atoms with Crippen molar-refractivity contribution in [2.24, 2.45) is 0 Å². The monoisotopic (exact) mass is 279 g/mol. The van der Waals surface area contributed by atoms with Crippen molar-refractivity contribution in [2.45, 2.75) is 32.7 Å². The molecule has 0 aliphatic rings. The van der Waals surface area contributed by atoms with Crippen molar-refractivity contribution in [3.8, 4) is 0 Å². The van der Waals surface area contributed by atoms with Crippen molar-refractivity contribution in [3.63, 3.8) is 0 Å². The third-order valence-corrected chi connectivity index (χ3v) is 3.07. The molecule has 19 heavy (non-hydrogen) atoms. The van der Waals surface area contributed by atoms with Crippen LogP contribution >= 0.6 is 11.6 Å². The molecule has 1 heterocycles. The third-order valence-electron chi connectivity index (χ3n) is 2.82. The summed E-state index contributed by atoms with van der Waals surface area (Å²) in [5.41, 5.74) is 1.12. The lowest BCUT2D eigenvalue weighted by atomic mass is 10.1. The van der Waals surface area contributed by atoms with Crippen molar-refractivity contribution < 1.29 is 4.52 Å². The van der Waals surface area contributed by atoms with Crippen molar-refractivity contribution in [1.29, 1.82) is 0 Å². The highest BCUT2D eigenvalue weighted by atomic mass is 35.5. The van der Waals surface area contributed by atoms with Crippen LogP contribution in [0.15, 0.2) is 28.8 Å². The molecule has 2 aromatic rings. The highest BCUT2D eigenvalue weighted by Crippen LogP contribution is 2.12. The van der Waals surface area contributed by atoms with E-state index in [0.29, 0.717) is 24.2 Å². The van der Waals surface area contributed by atoms with Crippen LogP contribution in [0.5, 0.6) is 0 Å². The summed E-state index contributed by atoms with van der Waals surface area (Å²) in [6.45, 7) is 5.12. The Morgan fingerprint density at radius 1 is 1.32 bits per heavy atom. The molecule has 1 aromatic carbocycles. The molecule has 0 amide bonds. The maximum atomic E-state index is 5.85. The molecular formula is C14H18ClN3O. The lowest BCUT2D eigenvalue weighted by Crippen LogP contribution is -2.27. The summed E-state index contributed by atoms with van der Waals surface area (Å²) < 4.78 is 5.25. The molecule has 0 radical (unpaired) electrons. The van der Waals surface area contributed by atoms with Gasteiger partial charge in [0.2, 0.25) is 5.89 Å². The Hall–Kier alpha value is -1.39. The van der Waals surface area contributed by atoms with Crippen LogP contribution in [0.2, 0.25) is 5.02 Å². The molecular weight excluding hydrogens is 262 g/mol. The van der Waals surface area contributed by atoms with Gasteiger partial charge in [-0.3, -0.25) is 0 Å². The molecule has 0 fully saturated rings. The Balaban J connectivity index is 1.95. The van der Waals surface area contributed by atoms with E-state index in [1.165, 1.54) is 0 Å². The van der Waals surface area contributed by atoms with Gasteiger partial charge in [-0.05, 0) is 31.2 Å². The molecule has 1 unspecified atom stereocenters. The number of nitrogens with zero attached hydrogens (tertiary/aromatic N) is 2. The number of halogens is 1. The van der Waals surface area contributed by atoms with E-state index in [2.05, 4.69) is 29.3 Å². The molecule has 2 rings (SSSR count). The van der Waals surface area contributed by atoms with Gasteiger partial charge in [-0.15, -0.1) is 0 Å². The first-order valence-corrected chi connectivity index (χ1v) is 6.84. The average molecular weight is 280 g/mol. The van der Waals surface area contributed by atoms with E-state index < -0.39 is 0 Å². The first-order valence-electron chi connectivity index (χ1n) is 6.46. The number of aromatic nitrogens is 2. The number of likely N-dealkylation sites (N-methyl/N-ethyl adjacent to an activating group) is 1. The highest BCUT2D eigenvalue weighted by molar-refractivity contribution is 6.30. The predicted octanol–water partition coefficient (Wildman–Crippen LogP) is 2.85. The molecule has 1 N–H and O–H groups in total. The number of nitrogens with one attached hydrogen (secondary N) is 1. The molecule has 0 spiro atoms. The highest BCUT2D eigenvalue weighted by Gasteiger charge is 2.10. The van der Waals surface area contributed by atoms with E-state index in [1.807, 2.05) is 24.3 Å². The molecule has 102 valence electrons. The third kappa shape index (κ3) is 4.33. The first-order chi connectivity index (χ1) is 9.17. The maximum Gasteiger partial charge on any atom is 0.228 e. The van der Waals surface area contributed by atoms with Gasteiger partial charge in [0.15, 0.2) is 5.82 Å². The topological polar surface area (TPSA) is 51.0 Å². The zero-order chi connectivity index (χ0) is 13.7. The number of hydrogen-bond donors (Lipinski definition) is 1. The summed E-state index contributed by atoms with van der Waals surface area (Å²) in [7, 11) is 0. The van der Waals surface area contributed by atoms with Crippen molar-refractivity contribution >= 4 is 11.6 Å². The van der Waals surface area contributed by atoms with Crippen LogP contribution in [-0.4, -0.2) is 22.7 Å². The standard InChI is InChI=1S/C14H18ClN3O/c1-3-16-10(2)8-14-17-13(18-19-14)9-11-4-6-12(15)7-5-11/h4-7,10,16H,3,8-9H2,1-2H3. The van der Waals surface area contributed by atoms with Crippen molar-refractivity contribution in [3.05, 3.63) is 46.6 Å². The van der Waals surface area contributed by atoms with E-state index in [4.69, 9.17) is 16.1 Å². The summed E-state index contributed by atoms with van der Waals surface area (Å²) in [5.74, 6) is 1.39. The van der Waals surface area contributed by atoms with Gasteiger partial charge in [-0.2, -0.15) is 4.98 Å². The Morgan fingerprint density at radius 2 is 2.05 bits per heavy atom. The first kappa shape index (κ1) is 14.0. The fourth-order valence-corrected chi connectivity index (χ4v) is 2.04. The molecule has 0 bridgehead atoms. The summed E-state index contributed by atoms with van der Waals surface area (Å²) in [6.07, 6.45) is 1.41. The number of benzene rings is 1. The summed E-state index contributed by atoms with van der Waals surface area (Å²) >= 11 is 5.85. The molecule has 1 atom stereocenters. The minimum Gasteiger partial charge on any atom is -0.339 e. The lowest BCUT2D eigenvalue weighted by Gasteiger charge is -2.07. The second kappa shape index (κ2) is 6.68. The Labute approximate surface area is 118 Å². The largest absolute Gasteiger partial charge is 0.339 e. The zero-order valence-electron chi connectivity index (χ0n) is 11.2. The number of rotatable bonds is 6. The van der Waals surface area contributed by atoms with Gasteiger partial charge in [0.1, 0.15) is 0 Å². The summed E-state index contributed by atoms with van der Waals surface area (Å²) in [6, 6.07) is 8.02. The molecule has 1 aromatic heterocycles. The normalized spacial score (nSPS) is 12.6. The smallest absolute Gasteiger partial charge is 0.228 e. The SMILES string of the molecule is CCNC(C)Cc1nc(Cc2ccc(Cl)cc2)no1. The van der Waals surface area contributed by atoms with Crippen LogP contribution in [-0.2, 0) is 12.8 Å². The van der Waals surface area contributed by atoms with Gasteiger partial charge in [-0.1, -0.05) is 35.8 Å². The van der Waals surface area contributed by atoms with Crippen LogP contribution in [0, 0.1) is 0 Å². The Morgan fingerprint density at radius 3 is 2.74 bits per heavy atom. The van der Waals surface area contributed by atoms with Crippen LogP contribution in [0.25, 0.3) is 0 Å². The second-order valence-electron chi connectivity index (χ2n) is 4.57. The maximum absolute atomic E-state index is 5.85. The van der Waals surface area contributed by atoms with Crippen molar-refractivity contribution in [1.82, 2.24) is 15.5 Å². The van der Waals surface area contributed by atoms with Gasteiger partial charge < -0.3 is 9.84 Å². The van der Waals surface area contributed by atoms with Crippen LogP contribution in [0.3, 0.4) is 0 Å². The van der Waals surface area contributed by atoms with E-state index in [-0.39, 0.29) is 0 Å². The van der Waals surface area contributed by atoms with Crippen LogP contribution in [0.1, 0.15) is 31.1 Å². The van der Waals surface area contributed by atoms with Crippen LogP contribution < -0.4 is 5.32 Å². The van der Waals surface area contributed by atoms with Crippen LogP contribution in [0.4, 0.5) is 0 Å². The Bertz CT molecular complexity index is 510. The van der Waals surface area contributed by atoms with E-state index >= 15 is 0 Å². The van der Waals surface area contributed by atoms with Gasteiger partial charge in [0, 0.05) is 23.9 Å². The second-order valence-corrected chi connectivity index (χ2v) is 5.01. The number of hydrogen-bond acceptors (Lipinski definition) is 4. The minimum absolute atomic E-state index is 0.342. The summed E-state index contributed by atoms with van der Waals surface area (Å²) in [5, 5.41) is 8.05. The zero-order valence-corrected chi connectivity index (χ0v) is 11.9. The predicted molar refractivity (Wildman–Crippen MR) is 75.4 cm³/mol. The molecule has 0 saturated heterocycles. The van der Waals surface area contributed by atoms with Gasteiger partial charge >= 0.3 is 0 Å².